The molecule has 1 saturated heterocycles. The maximum atomic E-state index is 12.3. The van der Waals surface area contributed by atoms with Gasteiger partial charge in [-0.05, 0) is 30.8 Å². The highest BCUT2D eigenvalue weighted by molar-refractivity contribution is 7.08. The fourth-order valence-corrected chi connectivity index (χ4v) is 2.78. The molecule has 1 amide bonds. The van der Waals surface area contributed by atoms with Crippen LogP contribution in [-0.2, 0) is 0 Å². The molecule has 0 radical (unpaired) electrons. The lowest BCUT2D eigenvalue weighted by Gasteiger charge is -2.27. The summed E-state index contributed by atoms with van der Waals surface area (Å²) in [6.45, 7) is 4.95. The van der Waals surface area contributed by atoms with Crippen LogP contribution in [0.2, 0.25) is 0 Å². The number of nitrogens with zero attached hydrogens (tertiary/aromatic N) is 1. The van der Waals surface area contributed by atoms with Crippen molar-refractivity contribution < 1.29 is 4.79 Å². The molecule has 0 aromatic carbocycles. The van der Waals surface area contributed by atoms with E-state index in [0.29, 0.717) is 6.04 Å². The molecule has 1 aliphatic rings. The summed E-state index contributed by atoms with van der Waals surface area (Å²) in [5.74, 6) is 0.191. The highest BCUT2D eigenvalue weighted by atomic mass is 32.1. The van der Waals surface area contributed by atoms with Crippen molar-refractivity contribution in [2.24, 2.45) is 0 Å². The molecule has 2 heterocycles. The largest absolute Gasteiger partial charge is 0.334 e. The van der Waals surface area contributed by atoms with Crippen LogP contribution in [-0.4, -0.2) is 36.5 Å². The maximum Gasteiger partial charge on any atom is 0.254 e. The molecule has 1 aliphatic heterocycles. The summed E-state index contributed by atoms with van der Waals surface area (Å²) >= 11 is 1.58. The Morgan fingerprint density at radius 3 is 3.12 bits per heavy atom. The molecule has 0 bridgehead atoms. The molecule has 1 N–H and O–H groups in total. The minimum Gasteiger partial charge on any atom is -0.334 e. The average molecular weight is 238 g/mol. The van der Waals surface area contributed by atoms with Crippen molar-refractivity contribution in [2.75, 3.05) is 19.6 Å². The molecule has 3 nitrogen and oxygen atoms in total. The minimum atomic E-state index is 0.191. The lowest BCUT2D eigenvalue weighted by Crippen LogP contribution is -2.41. The molecule has 1 aromatic rings. The van der Waals surface area contributed by atoms with Gasteiger partial charge >= 0.3 is 0 Å². The van der Waals surface area contributed by atoms with Crippen LogP contribution in [0.15, 0.2) is 16.8 Å². The van der Waals surface area contributed by atoms with Gasteiger partial charge in [0.15, 0.2) is 0 Å². The summed E-state index contributed by atoms with van der Waals surface area (Å²) in [5, 5.41) is 7.22. The first-order valence-electron chi connectivity index (χ1n) is 5.86. The van der Waals surface area contributed by atoms with Crippen LogP contribution < -0.4 is 5.32 Å². The Morgan fingerprint density at radius 1 is 1.69 bits per heavy atom. The molecule has 2 rings (SSSR count). The van der Waals surface area contributed by atoms with Crippen molar-refractivity contribution in [2.45, 2.75) is 25.8 Å². The van der Waals surface area contributed by atoms with E-state index in [2.05, 4.69) is 12.2 Å². The summed E-state index contributed by atoms with van der Waals surface area (Å²) < 4.78 is 0. The Balaban J connectivity index is 2.09. The lowest BCUT2D eigenvalue weighted by atomic mass is 10.1. The normalized spacial score (nSPS) is 19.9. The van der Waals surface area contributed by atoms with E-state index in [1.807, 2.05) is 21.7 Å². The van der Waals surface area contributed by atoms with Gasteiger partial charge in [0.2, 0.25) is 0 Å². The molecule has 88 valence electrons. The van der Waals surface area contributed by atoms with E-state index in [4.69, 9.17) is 0 Å². The van der Waals surface area contributed by atoms with Crippen LogP contribution in [0.1, 0.15) is 30.1 Å². The molecule has 1 atom stereocenters. The monoisotopic (exact) mass is 238 g/mol. The molecular formula is C12H18N2OS. The maximum absolute atomic E-state index is 12.3. The zero-order valence-corrected chi connectivity index (χ0v) is 10.4. The van der Waals surface area contributed by atoms with E-state index in [-0.39, 0.29) is 5.91 Å². The number of carbonyl (C=O) groups is 1. The highest BCUT2D eigenvalue weighted by Crippen LogP contribution is 2.15. The zero-order chi connectivity index (χ0) is 11.4. The van der Waals surface area contributed by atoms with Crippen molar-refractivity contribution in [3.8, 4) is 0 Å². The molecule has 0 spiro atoms. The van der Waals surface area contributed by atoms with Gasteiger partial charge in [0, 0.05) is 24.5 Å². The molecular weight excluding hydrogens is 220 g/mol. The third-order valence-corrected chi connectivity index (χ3v) is 3.65. The SMILES string of the molecule is CCCN(C(=O)c1ccsc1)C1CCNC1. The van der Waals surface area contributed by atoms with Gasteiger partial charge in [-0.25, -0.2) is 0 Å². The molecule has 4 heteroatoms. The summed E-state index contributed by atoms with van der Waals surface area (Å²) in [6, 6.07) is 2.30. The van der Waals surface area contributed by atoms with Crippen molar-refractivity contribution in [1.82, 2.24) is 10.2 Å². The van der Waals surface area contributed by atoms with Crippen LogP contribution in [0.3, 0.4) is 0 Å². The second kappa shape index (κ2) is 5.46. The molecule has 16 heavy (non-hydrogen) atoms. The zero-order valence-electron chi connectivity index (χ0n) is 9.61. The minimum absolute atomic E-state index is 0.191. The van der Waals surface area contributed by atoms with Gasteiger partial charge in [-0.1, -0.05) is 6.92 Å². The second-order valence-electron chi connectivity index (χ2n) is 4.16. The topological polar surface area (TPSA) is 32.3 Å². The van der Waals surface area contributed by atoms with Gasteiger partial charge in [-0.3, -0.25) is 4.79 Å². The third-order valence-electron chi connectivity index (χ3n) is 2.97. The Hall–Kier alpha value is -0.870. The van der Waals surface area contributed by atoms with Crippen molar-refractivity contribution in [1.29, 1.82) is 0 Å². The Kier molecular flexibility index (Phi) is 3.96. The lowest BCUT2D eigenvalue weighted by molar-refractivity contribution is 0.0693. The predicted octanol–water partition coefficient (Wildman–Crippen LogP) is 1.96. The van der Waals surface area contributed by atoms with E-state index in [1.165, 1.54) is 0 Å². The van der Waals surface area contributed by atoms with Gasteiger partial charge in [0.1, 0.15) is 0 Å². The molecule has 1 unspecified atom stereocenters. The fourth-order valence-electron chi connectivity index (χ4n) is 2.15. The summed E-state index contributed by atoms with van der Waals surface area (Å²) in [7, 11) is 0. The first-order chi connectivity index (χ1) is 7.83. The predicted molar refractivity (Wildman–Crippen MR) is 66.9 cm³/mol. The highest BCUT2D eigenvalue weighted by Gasteiger charge is 2.26. The number of rotatable bonds is 4. The molecule has 0 saturated carbocycles. The number of thiophene rings is 1. The Bertz CT molecular complexity index is 331. The van der Waals surface area contributed by atoms with Crippen molar-refractivity contribution in [3.63, 3.8) is 0 Å². The van der Waals surface area contributed by atoms with E-state index >= 15 is 0 Å². The van der Waals surface area contributed by atoms with Crippen LogP contribution in [0.25, 0.3) is 0 Å². The first kappa shape index (κ1) is 11.6. The second-order valence-corrected chi connectivity index (χ2v) is 4.94. The smallest absolute Gasteiger partial charge is 0.254 e. The van der Waals surface area contributed by atoms with Gasteiger partial charge in [0.05, 0.1) is 5.56 Å². The van der Waals surface area contributed by atoms with E-state index < -0.39 is 0 Å². The Morgan fingerprint density at radius 2 is 2.56 bits per heavy atom. The van der Waals surface area contributed by atoms with Crippen LogP contribution >= 0.6 is 11.3 Å². The van der Waals surface area contributed by atoms with Crippen LogP contribution in [0.5, 0.6) is 0 Å². The molecule has 1 fully saturated rings. The van der Waals surface area contributed by atoms with Gasteiger partial charge < -0.3 is 10.2 Å². The van der Waals surface area contributed by atoms with E-state index in [9.17, 15) is 4.79 Å². The van der Waals surface area contributed by atoms with E-state index in [0.717, 1.165) is 38.0 Å². The standard InChI is InChI=1S/C12H18N2OS/c1-2-6-14(11-3-5-13-8-11)12(15)10-4-7-16-9-10/h4,7,9,11,13H,2-3,5-6,8H2,1H3. The van der Waals surface area contributed by atoms with Crippen LogP contribution in [0, 0.1) is 0 Å². The summed E-state index contributed by atoms with van der Waals surface area (Å²) in [6.07, 6.45) is 2.10. The number of hydrogen-bond acceptors (Lipinski definition) is 3. The van der Waals surface area contributed by atoms with Gasteiger partial charge in [0.25, 0.3) is 5.91 Å². The van der Waals surface area contributed by atoms with Crippen molar-refractivity contribution in [3.05, 3.63) is 22.4 Å². The Labute approximate surface area is 100 Å². The number of carbonyl (C=O) groups excluding carboxylic acids is 1. The molecule has 1 aromatic heterocycles. The van der Waals surface area contributed by atoms with Crippen LogP contribution in [0.4, 0.5) is 0 Å². The van der Waals surface area contributed by atoms with Crippen molar-refractivity contribution >= 4 is 17.2 Å². The van der Waals surface area contributed by atoms with Gasteiger partial charge in [-0.2, -0.15) is 11.3 Å². The number of nitrogens with one attached hydrogen (secondary N) is 1. The summed E-state index contributed by atoms with van der Waals surface area (Å²) in [4.78, 5) is 14.3. The summed E-state index contributed by atoms with van der Waals surface area (Å²) in [5.41, 5.74) is 0.838. The number of hydrogen-bond donors (Lipinski definition) is 1. The van der Waals surface area contributed by atoms with Gasteiger partial charge in [-0.15, -0.1) is 0 Å². The third kappa shape index (κ3) is 2.44. The molecule has 0 aliphatic carbocycles. The first-order valence-corrected chi connectivity index (χ1v) is 6.81. The fraction of sp³-hybridized carbons (Fsp3) is 0.583. The van der Waals surface area contributed by atoms with E-state index in [1.54, 1.807) is 11.3 Å². The average Bonchev–Trinajstić information content (AvgIpc) is 2.96. The number of amides is 1. The quantitative estimate of drug-likeness (QED) is 0.869.